The van der Waals surface area contributed by atoms with Gasteiger partial charge in [-0.25, -0.2) is 0 Å². The number of rotatable bonds is 5. The van der Waals surface area contributed by atoms with Crippen molar-refractivity contribution in [3.63, 3.8) is 0 Å². The fraction of sp³-hybridized carbons (Fsp3) is 0.250. The van der Waals surface area contributed by atoms with Crippen molar-refractivity contribution in [2.75, 3.05) is 12.4 Å². The SMILES string of the molecule is CO[C@@H](C)c1cccc(NCc2cccc(O)c2)c1. The number of benzene rings is 2. The summed E-state index contributed by atoms with van der Waals surface area (Å²) in [6.07, 6.45) is 0.0857. The van der Waals surface area contributed by atoms with Crippen LogP contribution in [0.25, 0.3) is 0 Å². The van der Waals surface area contributed by atoms with Crippen LogP contribution in [-0.2, 0) is 11.3 Å². The molecular formula is C16H19NO2. The maximum Gasteiger partial charge on any atom is 0.115 e. The molecule has 2 aromatic carbocycles. The fourth-order valence-electron chi connectivity index (χ4n) is 1.91. The van der Waals surface area contributed by atoms with E-state index in [1.807, 2.05) is 37.3 Å². The standard InChI is InChI=1S/C16H19NO2/c1-12(19-2)14-6-4-7-15(10-14)17-11-13-5-3-8-16(18)9-13/h3-10,12,17-18H,11H2,1-2H3/t12-/m0/s1. The lowest BCUT2D eigenvalue weighted by Crippen LogP contribution is -2.01. The van der Waals surface area contributed by atoms with Gasteiger partial charge in [-0.1, -0.05) is 24.3 Å². The molecule has 0 unspecified atom stereocenters. The van der Waals surface area contributed by atoms with Gasteiger partial charge in [-0.05, 0) is 42.3 Å². The molecule has 0 bridgehead atoms. The molecule has 2 rings (SSSR count). The molecule has 2 N–H and O–H groups in total. The minimum atomic E-state index is 0.0857. The number of phenolic OH excluding ortho intramolecular Hbond substituents is 1. The van der Waals surface area contributed by atoms with Crippen LogP contribution >= 0.6 is 0 Å². The summed E-state index contributed by atoms with van der Waals surface area (Å²) in [5, 5.41) is 12.8. The van der Waals surface area contributed by atoms with Gasteiger partial charge >= 0.3 is 0 Å². The van der Waals surface area contributed by atoms with E-state index in [0.29, 0.717) is 12.3 Å². The zero-order chi connectivity index (χ0) is 13.7. The highest BCUT2D eigenvalue weighted by atomic mass is 16.5. The molecule has 3 heteroatoms. The van der Waals surface area contributed by atoms with Gasteiger partial charge in [0.15, 0.2) is 0 Å². The molecule has 0 aliphatic carbocycles. The van der Waals surface area contributed by atoms with Crippen LogP contribution in [0.3, 0.4) is 0 Å². The number of hydrogen-bond donors (Lipinski definition) is 2. The van der Waals surface area contributed by atoms with Crippen LogP contribution < -0.4 is 5.32 Å². The highest BCUT2D eigenvalue weighted by Crippen LogP contribution is 2.20. The van der Waals surface area contributed by atoms with E-state index in [-0.39, 0.29) is 6.10 Å². The molecule has 0 amide bonds. The lowest BCUT2D eigenvalue weighted by molar-refractivity contribution is 0.119. The third kappa shape index (κ3) is 3.73. The van der Waals surface area contributed by atoms with Crippen molar-refractivity contribution in [2.24, 2.45) is 0 Å². The van der Waals surface area contributed by atoms with Crippen LogP contribution in [0, 0.1) is 0 Å². The molecule has 100 valence electrons. The van der Waals surface area contributed by atoms with Crippen molar-refractivity contribution in [3.05, 3.63) is 59.7 Å². The van der Waals surface area contributed by atoms with E-state index in [4.69, 9.17) is 4.74 Å². The minimum Gasteiger partial charge on any atom is -0.508 e. The molecule has 19 heavy (non-hydrogen) atoms. The molecule has 0 aliphatic heterocycles. The first-order chi connectivity index (χ1) is 9.19. The van der Waals surface area contributed by atoms with Crippen molar-refractivity contribution in [1.29, 1.82) is 0 Å². The first-order valence-corrected chi connectivity index (χ1v) is 6.33. The maximum absolute atomic E-state index is 9.41. The van der Waals surface area contributed by atoms with Crippen LogP contribution in [-0.4, -0.2) is 12.2 Å². The second-order valence-electron chi connectivity index (χ2n) is 4.53. The predicted molar refractivity (Wildman–Crippen MR) is 77.3 cm³/mol. The van der Waals surface area contributed by atoms with E-state index >= 15 is 0 Å². The summed E-state index contributed by atoms with van der Waals surface area (Å²) in [5.74, 6) is 0.293. The van der Waals surface area contributed by atoms with Crippen LogP contribution in [0.1, 0.15) is 24.2 Å². The second kappa shape index (κ2) is 6.25. The van der Waals surface area contributed by atoms with Crippen LogP contribution in [0.2, 0.25) is 0 Å². The van der Waals surface area contributed by atoms with E-state index in [1.54, 1.807) is 19.2 Å². The van der Waals surface area contributed by atoms with Crippen molar-refractivity contribution in [1.82, 2.24) is 0 Å². The summed E-state index contributed by atoms with van der Waals surface area (Å²) in [7, 11) is 1.71. The summed E-state index contributed by atoms with van der Waals surface area (Å²) < 4.78 is 5.31. The van der Waals surface area contributed by atoms with Gasteiger partial charge in [0.05, 0.1) is 6.10 Å². The smallest absolute Gasteiger partial charge is 0.115 e. The molecule has 0 spiro atoms. The molecule has 1 atom stereocenters. The largest absolute Gasteiger partial charge is 0.508 e. The zero-order valence-electron chi connectivity index (χ0n) is 11.3. The maximum atomic E-state index is 9.41. The van der Waals surface area contributed by atoms with E-state index in [1.165, 1.54) is 0 Å². The van der Waals surface area contributed by atoms with Crippen molar-refractivity contribution in [3.8, 4) is 5.75 Å². The number of nitrogens with one attached hydrogen (secondary N) is 1. The van der Waals surface area contributed by atoms with Gasteiger partial charge < -0.3 is 15.2 Å². The minimum absolute atomic E-state index is 0.0857. The Bertz CT molecular complexity index is 540. The molecule has 0 aliphatic rings. The Morgan fingerprint density at radius 1 is 1.16 bits per heavy atom. The van der Waals surface area contributed by atoms with E-state index in [2.05, 4.69) is 11.4 Å². The summed E-state index contributed by atoms with van der Waals surface area (Å²) >= 11 is 0. The Labute approximate surface area is 113 Å². The van der Waals surface area contributed by atoms with Gasteiger partial charge in [0, 0.05) is 19.3 Å². The van der Waals surface area contributed by atoms with Gasteiger partial charge in [0.1, 0.15) is 5.75 Å². The Hall–Kier alpha value is -2.00. The average molecular weight is 257 g/mol. The molecule has 2 aromatic rings. The fourth-order valence-corrected chi connectivity index (χ4v) is 1.91. The van der Waals surface area contributed by atoms with Gasteiger partial charge in [-0.15, -0.1) is 0 Å². The Balaban J connectivity index is 2.03. The number of methoxy groups -OCH3 is 1. The monoisotopic (exact) mass is 257 g/mol. The van der Waals surface area contributed by atoms with Crippen LogP contribution in [0.5, 0.6) is 5.75 Å². The Morgan fingerprint density at radius 3 is 2.68 bits per heavy atom. The topological polar surface area (TPSA) is 41.5 Å². The van der Waals surface area contributed by atoms with Crippen molar-refractivity contribution in [2.45, 2.75) is 19.6 Å². The molecule has 3 nitrogen and oxygen atoms in total. The highest BCUT2D eigenvalue weighted by molar-refractivity contribution is 5.47. The lowest BCUT2D eigenvalue weighted by Gasteiger charge is -2.12. The summed E-state index contributed by atoms with van der Waals surface area (Å²) in [4.78, 5) is 0. The predicted octanol–water partition coefficient (Wildman–Crippen LogP) is 3.71. The molecule has 0 radical (unpaired) electrons. The Morgan fingerprint density at radius 2 is 1.95 bits per heavy atom. The normalized spacial score (nSPS) is 12.1. The summed E-state index contributed by atoms with van der Waals surface area (Å²) in [6, 6.07) is 15.4. The van der Waals surface area contributed by atoms with E-state index in [0.717, 1.165) is 16.8 Å². The number of aromatic hydroxyl groups is 1. The van der Waals surface area contributed by atoms with E-state index < -0.39 is 0 Å². The molecule has 0 fully saturated rings. The first-order valence-electron chi connectivity index (χ1n) is 6.33. The highest BCUT2D eigenvalue weighted by Gasteiger charge is 2.04. The number of ether oxygens (including phenoxy) is 1. The third-order valence-electron chi connectivity index (χ3n) is 3.12. The van der Waals surface area contributed by atoms with E-state index in [9.17, 15) is 5.11 Å². The Kier molecular flexibility index (Phi) is 4.42. The van der Waals surface area contributed by atoms with Gasteiger partial charge in [0.25, 0.3) is 0 Å². The number of hydrogen-bond acceptors (Lipinski definition) is 3. The van der Waals surface area contributed by atoms with Gasteiger partial charge in [-0.3, -0.25) is 0 Å². The van der Waals surface area contributed by atoms with Crippen LogP contribution in [0.4, 0.5) is 5.69 Å². The second-order valence-corrected chi connectivity index (χ2v) is 4.53. The third-order valence-corrected chi connectivity index (χ3v) is 3.12. The van der Waals surface area contributed by atoms with Gasteiger partial charge in [-0.2, -0.15) is 0 Å². The lowest BCUT2D eigenvalue weighted by atomic mass is 10.1. The molecule has 0 saturated carbocycles. The summed E-state index contributed by atoms with van der Waals surface area (Å²) in [6.45, 7) is 2.70. The molecule has 0 heterocycles. The molecule has 0 aromatic heterocycles. The quantitative estimate of drug-likeness (QED) is 0.858. The first kappa shape index (κ1) is 13.4. The molecule has 0 saturated heterocycles. The van der Waals surface area contributed by atoms with Crippen molar-refractivity contribution >= 4 is 5.69 Å². The average Bonchev–Trinajstić information content (AvgIpc) is 2.45. The van der Waals surface area contributed by atoms with Gasteiger partial charge in [0.2, 0.25) is 0 Å². The number of anilines is 1. The number of phenols is 1. The summed E-state index contributed by atoms with van der Waals surface area (Å²) in [5.41, 5.74) is 3.23. The zero-order valence-corrected chi connectivity index (χ0v) is 11.3. The molecular weight excluding hydrogens is 238 g/mol. The van der Waals surface area contributed by atoms with Crippen molar-refractivity contribution < 1.29 is 9.84 Å². The van der Waals surface area contributed by atoms with Crippen LogP contribution in [0.15, 0.2) is 48.5 Å².